The van der Waals surface area contributed by atoms with Crippen LogP contribution in [0.25, 0.3) is 0 Å². The highest BCUT2D eigenvalue weighted by molar-refractivity contribution is 5.76. The van der Waals surface area contributed by atoms with Gasteiger partial charge in [-0.15, -0.1) is 0 Å². The van der Waals surface area contributed by atoms with Gasteiger partial charge in [0.15, 0.2) is 0 Å². The van der Waals surface area contributed by atoms with Crippen LogP contribution in [0.1, 0.15) is 32.1 Å². The van der Waals surface area contributed by atoms with Gasteiger partial charge in [-0.25, -0.2) is 0 Å². The van der Waals surface area contributed by atoms with E-state index in [1.807, 2.05) is 0 Å². The molecule has 1 spiro atoms. The third kappa shape index (κ3) is 2.28. The third-order valence-electron chi connectivity index (χ3n) is 5.29. The zero-order valence-electron chi connectivity index (χ0n) is 11.3. The molecule has 19 heavy (non-hydrogen) atoms. The Morgan fingerprint density at radius 3 is 2.63 bits per heavy atom. The Morgan fingerprint density at radius 1 is 1.21 bits per heavy atom. The van der Waals surface area contributed by atoms with E-state index in [4.69, 9.17) is 9.47 Å². The first kappa shape index (κ1) is 13.3. The quantitative estimate of drug-likeness (QED) is 0.783. The summed E-state index contributed by atoms with van der Waals surface area (Å²) in [5.41, 5.74) is -0.693. The lowest BCUT2D eigenvalue weighted by atomic mass is 9.66. The molecule has 3 aliphatic rings. The molecule has 2 N–H and O–H groups in total. The van der Waals surface area contributed by atoms with Crippen LogP contribution in [-0.4, -0.2) is 49.6 Å². The largest absolute Gasteiger partial charge is 0.481 e. The van der Waals surface area contributed by atoms with Crippen molar-refractivity contribution < 1.29 is 19.4 Å². The second-order valence-electron chi connectivity index (χ2n) is 6.22. The molecule has 108 valence electrons. The van der Waals surface area contributed by atoms with Gasteiger partial charge in [-0.05, 0) is 44.6 Å². The summed E-state index contributed by atoms with van der Waals surface area (Å²) in [7, 11) is 0. The van der Waals surface area contributed by atoms with Gasteiger partial charge in [0.1, 0.15) is 0 Å². The Kier molecular flexibility index (Phi) is 3.53. The maximum Gasteiger partial charge on any atom is 0.311 e. The first-order valence-corrected chi connectivity index (χ1v) is 7.33. The van der Waals surface area contributed by atoms with Gasteiger partial charge < -0.3 is 19.9 Å². The maximum absolute atomic E-state index is 11.8. The lowest BCUT2D eigenvalue weighted by molar-refractivity contribution is -0.174. The number of hydrogen-bond donors (Lipinski definition) is 2. The van der Waals surface area contributed by atoms with E-state index in [2.05, 4.69) is 5.32 Å². The van der Waals surface area contributed by atoms with Crippen LogP contribution in [0.4, 0.5) is 0 Å². The molecule has 3 aliphatic heterocycles. The minimum Gasteiger partial charge on any atom is -0.481 e. The average Bonchev–Trinajstić information content (AvgIpc) is 2.90. The number of carbonyl (C=O) groups is 1. The molecular formula is C14H23NO4. The zero-order chi connectivity index (χ0) is 13.3. The number of aliphatic carboxylic acids is 1. The Hall–Kier alpha value is -0.650. The minimum absolute atomic E-state index is 0.119. The number of carboxylic acids is 1. The van der Waals surface area contributed by atoms with Gasteiger partial charge in [-0.3, -0.25) is 4.79 Å². The van der Waals surface area contributed by atoms with Crippen molar-refractivity contribution in [3.63, 3.8) is 0 Å². The van der Waals surface area contributed by atoms with Crippen molar-refractivity contribution in [3.05, 3.63) is 0 Å². The summed E-state index contributed by atoms with van der Waals surface area (Å²) < 4.78 is 11.4. The topological polar surface area (TPSA) is 67.8 Å². The van der Waals surface area contributed by atoms with E-state index >= 15 is 0 Å². The lowest BCUT2D eigenvalue weighted by Crippen LogP contribution is -2.51. The second kappa shape index (κ2) is 5.04. The summed E-state index contributed by atoms with van der Waals surface area (Å²) in [6.45, 7) is 3.61. The van der Waals surface area contributed by atoms with Crippen LogP contribution in [0.15, 0.2) is 0 Å². The number of nitrogens with one attached hydrogen (secondary N) is 1. The molecular weight excluding hydrogens is 246 g/mol. The van der Waals surface area contributed by atoms with Crippen molar-refractivity contribution in [1.29, 1.82) is 0 Å². The molecule has 0 aromatic carbocycles. The fraction of sp³-hybridized carbons (Fsp3) is 0.929. The molecule has 2 unspecified atom stereocenters. The van der Waals surface area contributed by atoms with E-state index < -0.39 is 11.4 Å². The highest BCUT2D eigenvalue weighted by atomic mass is 16.5. The zero-order valence-corrected chi connectivity index (χ0v) is 11.3. The molecule has 3 heterocycles. The highest BCUT2D eigenvalue weighted by Gasteiger charge is 2.52. The van der Waals surface area contributed by atoms with Crippen LogP contribution in [0.3, 0.4) is 0 Å². The summed E-state index contributed by atoms with van der Waals surface area (Å²) in [5, 5.41) is 12.9. The molecule has 5 heteroatoms. The molecule has 5 nitrogen and oxygen atoms in total. The molecule has 0 saturated carbocycles. The van der Waals surface area contributed by atoms with E-state index in [9.17, 15) is 9.90 Å². The summed E-state index contributed by atoms with van der Waals surface area (Å²) in [4.78, 5) is 11.8. The third-order valence-corrected chi connectivity index (χ3v) is 5.29. The van der Waals surface area contributed by atoms with Crippen molar-refractivity contribution in [2.45, 2.75) is 37.7 Å². The monoisotopic (exact) mass is 269 g/mol. The molecule has 0 aliphatic carbocycles. The van der Waals surface area contributed by atoms with Crippen molar-refractivity contribution in [1.82, 2.24) is 5.32 Å². The van der Waals surface area contributed by atoms with E-state index in [1.165, 1.54) is 0 Å². The summed E-state index contributed by atoms with van der Waals surface area (Å²) in [6.07, 6.45) is 4.32. The SMILES string of the molecule is O=C(O)C1(C2CCOC3(CCOCC3)C2)CCNC1. The van der Waals surface area contributed by atoms with Gasteiger partial charge in [-0.1, -0.05) is 0 Å². The number of ether oxygens (including phenoxy) is 2. The van der Waals surface area contributed by atoms with E-state index in [0.29, 0.717) is 13.2 Å². The van der Waals surface area contributed by atoms with Crippen LogP contribution in [0.5, 0.6) is 0 Å². The van der Waals surface area contributed by atoms with Crippen LogP contribution in [0, 0.1) is 11.3 Å². The number of hydrogen-bond acceptors (Lipinski definition) is 4. The van der Waals surface area contributed by atoms with Crippen molar-refractivity contribution in [2.75, 3.05) is 32.9 Å². The predicted molar refractivity (Wildman–Crippen MR) is 69.0 cm³/mol. The molecule has 0 aromatic rings. The molecule has 3 fully saturated rings. The second-order valence-corrected chi connectivity index (χ2v) is 6.22. The van der Waals surface area contributed by atoms with Crippen LogP contribution >= 0.6 is 0 Å². The molecule has 0 radical (unpaired) electrons. The fourth-order valence-electron chi connectivity index (χ4n) is 4.01. The van der Waals surface area contributed by atoms with Crippen LogP contribution < -0.4 is 5.32 Å². The molecule has 3 saturated heterocycles. The minimum atomic E-state index is -0.633. The number of rotatable bonds is 2. The first-order chi connectivity index (χ1) is 9.17. The maximum atomic E-state index is 11.8. The fourth-order valence-corrected chi connectivity index (χ4v) is 4.01. The summed E-state index contributed by atoms with van der Waals surface area (Å²) >= 11 is 0. The standard InChI is InChI=1S/C14H23NO4/c16-12(17)14(2-5-15-10-14)11-1-6-19-13(9-11)3-7-18-8-4-13/h11,15H,1-10H2,(H,16,17). The highest BCUT2D eigenvalue weighted by Crippen LogP contribution is 2.47. The Balaban J connectivity index is 1.78. The van der Waals surface area contributed by atoms with Gasteiger partial charge in [0.2, 0.25) is 0 Å². The molecule has 2 atom stereocenters. The van der Waals surface area contributed by atoms with E-state index in [0.717, 1.165) is 51.9 Å². The van der Waals surface area contributed by atoms with Crippen molar-refractivity contribution in [2.24, 2.45) is 11.3 Å². The van der Waals surface area contributed by atoms with Gasteiger partial charge >= 0.3 is 5.97 Å². The first-order valence-electron chi connectivity index (χ1n) is 7.33. The van der Waals surface area contributed by atoms with Crippen molar-refractivity contribution >= 4 is 5.97 Å². The lowest BCUT2D eigenvalue weighted by Gasteiger charge is -2.47. The van der Waals surface area contributed by atoms with Gasteiger partial charge in [0, 0.05) is 26.4 Å². The number of carboxylic acid groups (broad SMARTS) is 1. The smallest absolute Gasteiger partial charge is 0.311 e. The van der Waals surface area contributed by atoms with E-state index in [1.54, 1.807) is 0 Å². The van der Waals surface area contributed by atoms with Gasteiger partial charge in [0.25, 0.3) is 0 Å². The summed E-state index contributed by atoms with van der Waals surface area (Å²) in [6, 6.07) is 0. The molecule has 0 bridgehead atoms. The molecule has 0 aromatic heterocycles. The van der Waals surface area contributed by atoms with Crippen LogP contribution in [-0.2, 0) is 14.3 Å². The van der Waals surface area contributed by atoms with Crippen LogP contribution in [0.2, 0.25) is 0 Å². The predicted octanol–water partition coefficient (Wildman–Crippen LogP) is 1.03. The molecule has 3 rings (SSSR count). The summed E-state index contributed by atoms with van der Waals surface area (Å²) in [5.74, 6) is -0.404. The average molecular weight is 269 g/mol. The molecule has 0 amide bonds. The van der Waals surface area contributed by atoms with Gasteiger partial charge in [0.05, 0.1) is 11.0 Å². The Morgan fingerprint density at radius 2 is 2.00 bits per heavy atom. The van der Waals surface area contributed by atoms with E-state index in [-0.39, 0.29) is 11.5 Å². The normalized spacial score (nSPS) is 38.4. The van der Waals surface area contributed by atoms with Crippen molar-refractivity contribution in [3.8, 4) is 0 Å². The van der Waals surface area contributed by atoms with Gasteiger partial charge in [-0.2, -0.15) is 0 Å². The Bertz CT molecular complexity index is 340. The Labute approximate surface area is 113 Å².